The molecule has 0 aliphatic carbocycles. The highest BCUT2D eigenvalue weighted by Gasteiger charge is 2.31. The van der Waals surface area contributed by atoms with Crippen LogP contribution in [-0.2, 0) is 4.79 Å². The second kappa shape index (κ2) is 6.65. The Kier molecular flexibility index (Phi) is 5.44. The van der Waals surface area contributed by atoms with Gasteiger partial charge in [-0.3, -0.25) is 4.79 Å². The van der Waals surface area contributed by atoms with E-state index in [4.69, 9.17) is 10.5 Å². The van der Waals surface area contributed by atoms with Gasteiger partial charge in [-0.1, -0.05) is 0 Å². The number of hydrogen-bond donors (Lipinski definition) is 2. The van der Waals surface area contributed by atoms with Gasteiger partial charge in [0.15, 0.2) is 11.6 Å². The lowest BCUT2D eigenvalue weighted by Gasteiger charge is -2.29. The van der Waals surface area contributed by atoms with Crippen molar-refractivity contribution in [1.29, 1.82) is 0 Å². The second-order valence-electron chi connectivity index (χ2n) is 5.17. The summed E-state index contributed by atoms with van der Waals surface area (Å²) in [5, 5.41) is 3.05. The average Bonchev–Trinajstić information content (AvgIpc) is 2.32. The number of carbonyl (C=O) groups excluding carboxylic acids is 1. The largest absolute Gasteiger partial charge is 0.490 e. The lowest BCUT2D eigenvalue weighted by atomic mass is 9.96. The molecule has 4 nitrogen and oxygen atoms in total. The number of primary amides is 1. The maximum atomic E-state index is 13.4. The van der Waals surface area contributed by atoms with Crippen LogP contribution in [0, 0.1) is 11.6 Å². The summed E-state index contributed by atoms with van der Waals surface area (Å²) in [5.74, 6) is -1.93. The van der Waals surface area contributed by atoms with Gasteiger partial charge in [0.25, 0.3) is 0 Å². The van der Waals surface area contributed by atoms with Gasteiger partial charge in [0.1, 0.15) is 5.82 Å². The molecule has 0 saturated heterocycles. The number of ether oxygens (including phenoxy) is 1. The number of nitrogens with one attached hydrogen (secondary N) is 1. The quantitative estimate of drug-likeness (QED) is 0.805. The zero-order valence-electron chi connectivity index (χ0n) is 11.9. The molecule has 1 rings (SSSR count). The van der Waals surface area contributed by atoms with Crippen molar-refractivity contribution in [2.45, 2.75) is 38.8 Å². The average molecular weight is 286 g/mol. The molecule has 0 aromatic heterocycles. The fourth-order valence-electron chi connectivity index (χ4n) is 1.86. The van der Waals surface area contributed by atoms with E-state index in [0.717, 1.165) is 18.2 Å². The fourth-order valence-corrected chi connectivity index (χ4v) is 1.86. The summed E-state index contributed by atoms with van der Waals surface area (Å²) in [7, 11) is 0. The van der Waals surface area contributed by atoms with Gasteiger partial charge in [0.2, 0.25) is 5.91 Å². The van der Waals surface area contributed by atoms with Crippen molar-refractivity contribution in [3.8, 4) is 5.75 Å². The highest BCUT2D eigenvalue weighted by molar-refractivity contribution is 5.84. The molecular formula is C14H20F2N2O2. The molecule has 0 radical (unpaired) electrons. The molecule has 0 spiro atoms. The van der Waals surface area contributed by atoms with E-state index in [9.17, 15) is 13.6 Å². The van der Waals surface area contributed by atoms with Gasteiger partial charge < -0.3 is 15.8 Å². The summed E-state index contributed by atoms with van der Waals surface area (Å²) >= 11 is 0. The predicted molar refractivity (Wildman–Crippen MR) is 72.3 cm³/mol. The van der Waals surface area contributed by atoms with E-state index < -0.39 is 23.1 Å². The summed E-state index contributed by atoms with van der Waals surface area (Å²) in [4.78, 5) is 11.5. The van der Waals surface area contributed by atoms with Crippen LogP contribution in [0.1, 0.15) is 27.2 Å². The number of benzene rings is 1. The van der Waals surface area contributed by atoms with Gasteiger partial charge in [0, 0.05) is 18.5 Å². The van der Waals surface area contributed by atoms with E-state index in [1.165, 1.54) is 0 Å². The first-order chi connectivity index (χ1) is 9.24. The molecule has 112 valence electrons. The first-order valence-electron chi connectivity index (χ1n) is 6.40. The third kappa shape index (κ3) is 4.45. The van der Waals surface area contributed by atoms with Crippen molar-refractivity contribution in [3.63, 3.8) is 0 Å². The normalized spacial score (nSPS) is 14.1. The first kappa shape index (κ1) is 16.4. The molecule has 20 heavy (non-hydrogen) atoms. The van der Waals surface area contributed by atoms with Crippen molar-refractivity contribution in [1.82, 2.24) is 5.32 Å². The molecule has 0 aliphatic rings. The molecule has 1 aromatic carbocycles. The zero-order chi connectivity index (χ0) is 15.3. The van der Waals surface area contributed by atoms with Crippen molar-refractivity contribution in [2.24, 2.45) is 5.73 Å². The van der Waals surface area contributed by atoms with Crippen LogP contribution in [0.25, 0.3) is 0 Å². The van der Waals surface area contributed by atoms with Crippen molar-refractivity contribution in [3.05, 3.63) is 29.8 Å². The molecule has 0 bridgehead atoms. The van der Waals surface area contributed by atoms with Gasteiger partial charge in [-0.2, -0.15) is 0 Å². The van der Waals surface area contributed by atoms with Gasteiger partial charge in [-0.15, -0.1) is 0 Å². The molecule has 3 N–H and O–H groups in total. The van der Waals surface area contributed by atoms with E-state index in [1.54, 1.807) is 6.92 Å². The molecule has 0 aliphatic heterocycles. The fraction of sp³-hybridized carbons (Fsp3) is 0.500. The summed E-state index contributed by atoms with van der Waals surface area (Å²) in [6, 6.07) is 3.02. The van der Waals surface area contributed by atoms with E-state index in [0.29, 0.717) is 0 Å². The van der Waals surface area contributed by atoms with Gasteiger partial charge in [0.05, 0.1) is 12.1 Å². The van der Waals surface area contributed by atoms with E-state index in [1.807, 2.05) is 13.8 Å². The Morgan fingerprint density at radius 1 is 1.45 bits per heavy atom. The molecule has 1 amide bonds. The van der Waals surface area contributed by atoms with Crippen molar-refractivity contribution in [2.75, 3.05) is 6.61 Å². The first-order valence-corrected chi connectivity index (χ1v) is 6.40. The van der Waals surface area contributed by atoms with Gasteiger partial charge in [-0.25, -0.2) is 8.78 Å². The molecule has 6 heteroatoms. The summed E-state index contributed by atoms with van der Waals surface area (Å²) in [5.41, 5.74) is 4.40. The highest BCUT2D eigenvalue weighted by atomic mass is 19.1. The lowest BCUT2D eigenvalue weighted by molar-refractivity contribution is -0.124. The lowest BCUT2D eigenvalue weighted by Crippen LogP contribution is -2.56. The van der Waals surface area contributed by atoms with Crippen LogP contribution in [-0.4, -0.2) is 24.1 Å². The summed E-state index contributed by atoms with van der Waals surface area (Å²) in [6.45, 7) is 5.46. The Labute approximate surface area is 117 Å². The minimum Gasteiger partial charge on any atom is -0.490 e. The number of rotatable bonds is 7. The minimum absolute atomic E-state index is 0.0412. The minimum atomic E-state index is -0.960. The zero-order valence-corrected chi connectivity index (χ0v) is 11.9. The topological polar surface area (TPSA) is 64.3 Å². The number of nitrogens with two attached hydrogens (primary N) is 1. The SMILES string of the molecule is CC(C)NC(C)(CCOc1cc(F)ccc1F)C(N)=O. The standard InChI is InChI=1S/C14H20F2N2O2/c1-9(2)18-14(3,13(17)19)6-7-20-12-8-10(15)4-5-11(12)16/h4-5,8-9,18H,6-7H2,1-3H3,(H2,17,19). The molecular weight excluding hydrogens is 266 g/mol. The Morgan fingerprint density at radius 3 is 2.65 bits per heavy atom. The highest BCUT2D eigenvalue weighted by Crippen LogP contribution is 2.19. The molecule has 1 unspecified atom stereocenters. The Morgan fingerprint density at radius 2 is 2.10 bits per heavy atom. The molecule has 0 fully saturated rings. The third-order valence-electron chi connectivity index (χ3n) is 2.90. The number of halogens is 2. The van der Waals surface area contributed by atoms with Crippen LogP contribution >= 0.6 is 0 Å². The Bertz CT molecular complexity index is 480. The number of hydrogen-bond acceptors (Lipinski definition) is 3. The maximum Gasteiger partial charge on any atom is 0.237 e. The second-order valence-corrected chi connectivity index (χ2v) is 5.17. The molecule has 1 aromatic rings. The number of amides is 1. The summed E-state index contributed by atoms with van der Waals surface area (Å²) < 4.78 is 31.5. The molecule has 1 atom stereocenters. The van der Waals surface area contributed by atoms with Crippen LogP contribution in [0.15, 0.2) is 18.2 Å². The molecule has 0 heterocycles. The number of carbonyl (C=O) groups is 1. The van der Waals surface area contributed by atoms with Crippen molar-refractivity contribution < 1.29 is 18.3 Å². The summed E-state index contributed by atoms with van der Waals surface area (Å²) in [6.07, 6.45) is 0.246. The van der Waals surface area contributed by atoms with E-state index in [-0.39, 0.29) is 24.8 Å². The van der Waals surface area contributed by atoms with Crippen LogP contribution < -0.4 is 15.8 Å². The van der Waals surface area contributed by atoms with Crippen molar-refractivity contribution >= 4 is 5.91 Å². The Balaban J connectivity index is 2.65. The smallest absolute Gasteiger partial charge is 0.237 e. The monoisotopic (exact) mass is 286 g/mol. The van der Waals surface area contributed by atoms with Crippen LogP contribution in [0.5, 0.6) is 5.75 Å². The van der Waals surface area contributed by atoms with Crippen LogP contribution in [0.2, 0.25) is 0 Å². The third-order valence-corrected chi connectivity index (χ3v) is 2.90. The van der Waals surface area contributed by atoms with E-state index >= 15 is 0 Å². The van der Waals surface area contributed by atoms with Gasteiger partial charge in [-0.05, 0) is 32.9 Å². The van der Waals surface area contributed by atoms with E-state index in [2.05, 4.69) is 5.32 Å². The predicted octanol–water partition coefficient (Wildman–Crippen LogP) is 1.98. The molecule has 0 saturated carbocycles. The van der Waals surface area contributed by atoms with Gasteiger partial charge >= 0.3 is 0 Å². The van der Waals surface area contributed by atoms with Crippen LogP contribution in [0.4, 0.5) is 8.78 Å². The maximum absolute atomic E-state index is 13.4. The van der Waals surface area contributed by atoms with Crippen LogP contribution in [0.3, 0.4) is 0 Å². The Hall–Kier alpha value is -1.69.